The molecule has 1 heterocycles. The molecule has 0 atom stereocenters. The molecule has 3 rings (SSSR count). The van der Waals surface area contributed by atoms with Gasteiger partial charge in [-0.2, -0.15) is 4.31 Å². The predicted molar refractivity (Wildman–Crippen MR) is 124 cm³/mol. The van der Waals surface area contributed by atoms with Gasteiger partial charge in [0.15, 0.2) is 0 Å². The molecule has 2 aromatic carbocycles. The van der Waals surface area contributed by atoms with Crippen LogP contribution in [0.1, 0.15) is 41.6 Å². The van der Waals surface area contributed by atoms with E-state index in [0.717, 1.165) is 38.8 Å². The molecule has 0 unspecified atom stereocenters. The van der Waals surface area contributed by atoms with Gasteiger partial charge in [-0.1, -0.05) is 48.4 Å². The Morgan fingerprint density at radius 3 is 2.52 bits per heavy atom. The molecule has 8 heteroatoms. The van der Waals surface area contributed by atoms with Gasteiger partial charge < -0.3 is 10.2 Å². The fourth-order valence-corrected chi connectivity index (χ4v) is 5.73. The lowest BCUT2D eigenvalue weighted by Gasteiger charge is -2.26. The highest BCUT2D eigenvalue weighted by Crippen LogP contribution is 2.27. The summed E-state index contributed by atoms with van der Waals surface area (Å²) in [5, 5.41) is 3.02. The Morgan fingerprint density at radius 2 is 1.81 bits per heavy atom. The van der Waals surface area contributed by atoms with Gasteiger partial charge in [0.2, 0.25) is 10.0 Å². The third kappa shape index (κ3) is 6.53. The maximum Gasteiger partial charge on any atom is 0.251 e. The van der Waals surface area contributed by atoms with Crippen molar-refractivity contribution in [3.63, 3.8) is 0 Å². The van der Waals surface area contributed by atoms with E-state index in [1.165, 1.54) is 22.0 Å². The van der Waals surface area contributed by atoms with E-state index in [-0.39, 0.29) is 15.8 Å². The van der Waals surface area contributed by atoms with Crippen LogP contribution in [0.15, 0.2) is 53.4 Å². The van der Waals surface area contributed by atoms with E-state index in [1.54, 1.807) is 6.07 Å². The van der Waals surface area contributed by atoms with Crippen molar-refractivity contribution in [1.82, 2.24) is 14.5 Å². The summed E-state index contributed by atoms with van der Waals surface area (Å²) in [5.74, 6) is -0.294. The van der Waals surface area contributed by atoms with Crippen LogP contribution in [0, 0.1) is 0 Å². The molecule has 168 valence electrons. The number of sulfonamides is 1. The maximum absolute atomic E-state index is 13.0. The summed E-state index contributed by atoms with van der Waals surface area (Å²) in [7, 11) is -1.65. The molecule has 1 amide bonds. The normalized spacial score (nSPS) is 15.2. The molecule has 1 N–H and O–H groups in total. The molecule has 0 aromatic heterocycles. The quantitative estimate of drug-likeness (QED) is 0.575. The van der Waals surface area contributed by atoms with Crippen LogP contribution >= 0.6 is 11.6 Å². The third-order valence-corrected chi connectivity index (χ3v) is 7.80. The van der Waals surface area contributed by atoms with Crippen LogP contribution in [0.25, 0.3) is 0 Å². The van der Waals surface area contributed by atoms with Crippen molar-refractivity contribution in [3.8, 4) is 0 Å². The summed E-state index contributed by atoms with van der Waals surface area (Å²) in [6.07, 6.45) is 3.51. The van der Waals surface area contributed by atoms with E-state index < -0.39 is 10.0 Å². The van der Waals surface area contributed by atoms with E-state index in [1.807, 2.05) is 25.2 Å². The Hall–Kier alpha value is -1.93. The number of carbonyl (C=O) groups is 1. The Morgan fingerprint density at radius 1 is 1.10 bits per heavy atom. The summed E-state index contributed by atoms with van der Waals surface area (Å²) >= 11 is 6.19. The highest BCUT2D eigenvalue weighted by molar-refractivity contribution is 7.89. The molecule has 0 aliphatic carbocycles. The van der Waals surface area contributed by atoms with Gasteiger partial charge in [-0.25, -0.2) is 8.42 Å². The van der Waals surface area contributed by atoms with Gasteiger partial charge in [-0.3, -0.25) is 4.79 Å². The minimum Gasteiger partial charge on any atom is -0.352 e. The highest BCUT2D eigenvalue weighted by Gasteiger charge is 2.28. The molecule has 1 fully saturated rings. The molecule has 0 radical (unpaired) electrons. The molecule has 6 nitrogen and oxygen atoms in total. The van der Waals surface area contributed by atoms with Crippen LogP contribution in [-0.2, 0) is 16.6 Å². The van der Waals surface area contributed by atoms with E-state index in [4.69, 9.17) is 11.6 Å². The Kier molecular flexibility index (Phi) is 8.49. The van der Waals surface area contributed by atoms with Crippen molar-refractivity contribution in [2.24, 2.45) is 0 Å². The summed E-state index contributed by atoms with van der Waals surface area (Å²) in [6, 6.07) is 14.7. The SMILES string of the molecule is CN(CCCNC(=O)c1ccc(Cl)c(S(=O)(=O)N2CCCCC2)c1)Cc1ccccc1. The van der Waals surface area contributed by atoms with E-state index in [2.05, 4.69) is 22.3 Å². The third-order valence-electron chi connectivity index (χ3n) is 5.42. The molecule has 31 heavy (non-hydrogen) atoms. The minimum atomic E-state index is -3.70. The zero-order valence-corrected chi connectivity index (χ0v) is 19.5. The van der Waals surface area contributed by atoms with Crippen molar-refractivity contribution >= 4 is 27.5 Å². The Bertz CT molecular complexity index is 977. The van der Waals surface area contributed by atoms with Crippen molar-refractivity contribution in [1.29, 1.82) is 0 Å². The zero-order valence-electron chi connectivity index (χ0n) is 17.9. The van der Waals surface area contributed by atoms with Crippen LogP contribution in [-0.4, -0.2) is 56.8 Å². The standard InChI is InChI=1S/C23H30ClN3O3S/c1-26(18-19-9-4-2-5-10-19)14-8-13-25-23(28)20-11-12-21(24)22(17-20)31(29,30)27-15-6-3-7-16-27/h2,4-5,9-12,17H,3,6-8,13-16,18H2,1H3,(H,25,28). The number of nitrogens with zero attached hydrogens (tertiary/aromatic N) is 2. The second-order valence-electron chi connectivity index (χ2n) is 7.94. The number of rotatable bonds is 9. The van der Waals surface area contributed by atoms with Gasteiger partial charge in [0, 0.05) is 31.7 Å². The van der Waals surface area contributed by atoms with Gasteiger partial charge in [0.05, 0.1) is 5.02 Å². The first kappa shape index (κ1) is 23.7. The fourth-order valence-electron chi connectivity index (χ4n) is 3.71. The number of hydrogen-bond donors (Lipinski definition) is 1. The molecule has 2 aromatic rings. The number of benzene rings is 2. The van der Waals surface area contributed by atoms with Gasteiger partial charge >= 0.3 is 0 Å². The van der Waals surface area contributed by atoms with E-state index >= 15 is 0 Å². The van der Waals surface area contributed by atoms with Crippen LogP contribution < -0.4 is 5.32 Å². The molecule has 0 spiro atoms. The fraction of sp³-hybridized carbons (Fsp3) is 0.435. The highest BCUT2D eigenvalue weighted by atomic mass is 35.5. The lowest BCUT2D eigenvalue weighted by atomic mass is 10.2. The van der Waals surface area contributed by atoms with Crippen molar-refractivity contribution in [3.05, 3.63) is 64.7 Å². The predicted octanol–water partition coefficient (Wildman–Crippen LogP) is 3.77. The molecule has 1 aliphatic heterocycles. The Balaban J connectivity index is 1.54. The second kappa shape index (κ2) is 11.1. The van der Waals surface area contributed by atoms with Gasteiger partial charge in [0.1, 0.15) is 4.90 Å². The van der Waals surface area contributed by atoms with Crippen molar-refractivity contribution in [2.75, 3.05) is 33.2 Å². The molecule has 1 saturated heterocycles. The first-order valence-electron chi connectivity index (χ1n) is 10.7. The average Bonchev–Trinajstić information content (AvgIpc) is 2.78. The van der Waals surface area contributed by atoms with Crippen LogP contribution in [0.4, 0.5) is 0 Å². The lowest BCUT2D eigenvalue weighted by molar-refractivity contribution is 0.0951. The number of carbonyl (C=O) groups excluding carboxylic acids is 1. The van der Waals surface area contributed by atoms with Crippen LogP contribution in [0.5, 0.6) is 0 Å². The van der Waals surface area contributed by atoms with Gasteiger partial charge in [-0.15, -0.1) is 0 Å². The first-order valence-corrected chi connectivity index (χ1v) is 12.5. The van der Waals surface area contributed by atoms with Gasteiger partial charge in [-0.05, 0) is 56.6 Å². The number of halogens is 1. The van der Waals surface area contributed by atoms with Crippen LogP contribution in [0.3, 0.4) is 0 Å². The zero-order chi connectivity index (χ0) is 22.3. The summed E-state index contributed by atoms with van der Waals surface area (Å²) in [6.45, 7) is 3.18. The second-order valence-corrected chi connectivity index (χ2v) is 10.3. The van der Waals surface area contributed by atoms with Gasteiger partial charge in [0.25, 0.3) is 5.91 Å². The smallest absolute Gasteiger partial charge is 0.251 e. The largest absolute Gasteiger partial charge is 0.352 e. The van der Waals surface area contributed by atoms with E-state index in [9.17, 15) is 13.2 Å². The Labute approximate surface area is 190 Å². The molecular weight excluding hydrogens is 434 g/mol. The van der Waals surface area contributed by atoms with Crippen LogP contribution in [0.2, 0.25) is 5.02 Å². The maximum atomic E-state index is 13.0. The summed E-state index contributed by atoms with van der Waals surface area (Å²) in [4.78, 5) is 14.8. The number of hydrogen-bond acceptors (Lipinski definition) is 4. The summed E-state index contributed by atoms with van der Waals surface area (Å²) < 4.78 is 27.4. The average molecular weight is 464 g/mol. The topological polar surface area (TPSA) is 69.7 Å². The van der Waals surface area contributed by atoms with E-state index in [0.29, 0.717) is 25.2 Å². The molecular formula is C23H30ClN3O3S. The minimum absolute atomic E-state index is 0.00584. The molecule has 1 aliphatic rings. The number of amides is 1. The van der Waals surface area contributed by atoms with Crippen molar-refractivity contribution in [2.45, 2.75) is 37.1 Å². The summed E-state index contributed by atoms with van der Waals surface area (Å²) in [5.41, 5.74) is 1.55. The first-order chi connectivity index (χ1) is 14.9. The molecule has 0 bridgehead atoms. The molecule has 0 saturated carbocycles. The lowest BCUT2D eigenvalue weighted by Crippen LogP contribution is -2.36. The number of nitrogens with one attached hydrogen (secondary N) is 1. The number of piperidine rings is 1. The van der Waals surface area contributed by atoms with Crippen molar-refractivity contribution < 1.29 is 13.2 Å². The monoisotopic (exact) mass is 463 g/mol.